The Balaban J connectivity index is 2.05. The number of hydrogen-bond acceptors (Lipinski definition) is 1. The lowest BCUT2D eigenvalue weighted by atomic mass is 9.73. The van der Waals surface area contributed by atoms with Crippen LogP contribution in [0.15, 0.2) is 0 Å². The van der Waals surface area contributed by atoms with E-state index in [1.807, 2.05) is 0 Å². The lowest BCUT2D eigenvalue weighted by molar-refractivity contribution is 0.155. The molecule has 0 spiro atoms. The van der Waals surface area contributed by atoms with Crippen molar-refractivity contribution in [2.75, 3.05) is 6.54 Å². The van der Waals surface area contributed by atoms with Gasteiger partial charge in [-0.25, -0.2) is 0 Å². The summed E-state index contributed by atoms with van der Waals surface area (Å²) in [6.45, 7) is 8.39. The highest BCUT2D eigenvalue weighted by Gasteiger charge is 2.42. The zero-order valence-electron chi connectivity index (χ0n) is 11.4. The van der Waals surface area contributed by atoms with Gasteiger partial charge in [-0.3, -0.25) is 0 Å². The van der Waals surface area contributed by atoms with Crippen molar-refractivity contribution < 1.29 is 0 Å². The van der Waals surface area contributed by atoms with E-state index in [9.17, 15) is 0 Å². The summed E-state index contributed by atoms with van der Waals surface area (Å²) < 4.78 is 0. The second-order valence-electron chi connectivity index (χ2n) is 6.62. The third kappa shape index (κ3) is 2.45. The summed E-state index contributed by atoms with van der Waals surface area (Å²) in [5.74, 6) is 1.90. The lowest BCUT2D eigenvalue weighted by Gasteiger charge is -2.38. The molecular weight excluding hydrogens is 194 g/mol. The Morgan fingerprint density at radius 3 is 2.31 bits per heavy atom. The van der Waals surface area contributed by atoms with Crippen molar-refractivity contribution in [3.63, 3.8) is 0 Å². The molecule has 1 nitrogen and oxygen atoms in total. The SMILES string of the molecule is CCNC(C1CCCC1)C1CCCC1(C)C. The monoisotopic (exact) mass is 223 g/mol. The highest BCUT2D eigenvalue weighted by molar-refractivity contribution is 4.95. The fourth-order valence-corrected chi connectivity index (χ4v) is 4.21. The van der Waals surface area contributed by atoms with E-state index in [1.54, 1.807) is 0 Å². The molecule has 2 fully saturated rings. The van der Waals surface area contributed by atoms with E-state index >= 15 is 0 Å². The highest BCUT2D eigenvalue weighted by atomic mass is 14.9. The van der Waals surface area contributed by atoms with Crippen molar-refractivity contribution >= 4 is 0 Å². The Hall–Kier alpha value is -0.0400. The Kier molecular flexibility index (Phi) is 3.94. The number of nitrogens with one attached hydrogen (secondary N) is 1. The molecule has 2 rings (SSSR count). The molecule has 1 N–H and O–H groups in total. The first-order valence-corrected chi connectivity index (χ1v) is 7.38. The van der Waals surface area contributed by atoms with Crippen molar-refractivity contribution in [3.8, 4) is 0 Å². The van der Waals surface area contributed by atoms with Crippen LogP contribution in [0.2, 0.25) is 0 Å². The predicted octanol–water partition coefficient (Wildman–Crippen LogP) is 3.98. The normalized spacial score (nSPS) is 32.1. The van der Waals surface area contributed by atoms with Gasteiger partial charge < -0.3 is 5.32 Å². The van der Waals surface area contributed by atoms with Gasteiger partial charge in [-0.05, 0) is 49.5 Å². The Bertz CT molecular complexity index is 215. The molecule has 0 heterocycles. The van der Waals surface area contributed by atoms with Crippen LogP contribution in [0, 0.1) is 17.3 Å². The molecule has 1 heteroatoms. The molecule has 2 aliphatic rings. The van der Waals surface area contributed by atoms with E-state index in [0.717, 1.165) is 24.4 Å². The fraction of sp³-hybridized carbons (Fsp3) is 1.00. The van der Waals surface area contributed by atoms with Crippen LogP contribution in [0.3, 0.4) is 0 Å². The van der Waals surface area contributed by atoms with Crippen LogP contribution in [0.5, 0.6) is 0 Å². The van der Waals surface area contributed by atoms with E-state index in [-0.39, 0.29) is 0 Å². The van der Waals surface area contributed by atoms with Crippen molar-refractivity contribution in [2.45, 2.75) is 71.8 Å². The third-order valence-electron chi connectivity index (χ3n) is 5.12. The Morgan fingerprint density at radius 2 is 1.81 bits per heavy atom. The zero-order valence-corrected chi connectivity index (χ0v) is 11.4. The average Bonchev–Trinajstić information content (AvgIpc) is 2.84. The lowest BCUT2D eigenvalue weighted by Crippen LogP contribution is -2.45. The van der Waals surface area contributed by atoms with Gasteiger partial charge in [0.15, 0.2) is 0 Å². The standard InChI is InChI=1S/C15H29N/c1-4-16-14(12-8-5-6-9-12)13-10-7-11-15(13,2)3/h12-14,16H,4-11H2,1-3H3. The Morgan fingerprint density at radius 1 is 1.12 bits per heavy atom. The van der Waals surface area contributed by atoms with Gasteiger partial charge in [-0.15, -0.1) is 0 Å². The number of hydrogen-bond donors (Lipinski definition) is 1. The summed E-state index contributed by atoms with van der Waals surface area (Å²) in [6, 6.07) is 0.810. The third-order valence-corrected chi connectivity index (χ3v) is 5.12. The van der Waals surface area contributed by atoms with Gasteiger partial charge in [-0.2, -0.15) is 0 Å². The van der Waals surface area contributed by atoms with Crippen molar-refractivity contribution in [1.82, 2.24) is 5.32 Å². The average molecular weight is 223 g/mol. The quantitative estimate of drug-likeness (QED) is 0.760. The van der Waals surface area contributed by atoms with Crippen LogP contribution in [-0.4, -0.2) is 12.6 Å². The first kappa shape index (κ1) is 12.4. The van der Waals surface area contributed by atoms with Crippen LogP contribution < -0.4 is 5.32 Å². The van der Waals surface area contributed by atoms with Crippen molar-refractivity contribution in [3.05, 3.63) is 0 Å². The topological polar surface area (TPSA) is 12.0 Å². The minimum Gasteiger partial charge on any atom is -0.314 e. The van der Waals surface area contributed by atoms with Gasteiger partial charge in [0.2, 0.25) is 0 Å². The van der Waals surface area contributed by atoms with E-state index in [0.29, 0.717) is 5.41 Å². The number of rotatable bonds is 4. The van der Waals surface area contributed by atoms with Crippen LogP contribution in [0.25, 0.3) is 0 Å². The maximum absolute atomic E-state index is 3.82. The Labute approximate surface area is 101 Å². The molecule has 0 saturated heterocycles. The molecule has 0 aromatic rings. The highest BCUT2D eigenvalue weighted by Crippen LogP contribution is 2.47. The molecule has 0 aromatic heterocycles. The smallest absolute Gasteiger partial charge is 0.0129 e. The minimum absolute atomic E-state index is 0.579. The van der Waals surface area contributed by atoms with Crippen LogP contribution in [-0.2, 0) is 0 Å². The summed E-state index contributed by atoms with van der Waals surface area (Å²) in [5, 5.41) is 3.82. The molecular formula is C15H29N. The first-order valence-electron chi connectivity index (χ1n) is 7.38. The fourth-order valence-electron chi connectivity index (χ4n) is 4.21. The van der Waals surface area contributed by atoms with Gasteiger partial charge in [0.05, 0.1) is 0 Å². The molecule has 2 atom stereocenters. The van der Waals surface area contributed by atoms with Gasteiger partial charge >= 0.3 is 0 Å². The molecule has 0 amide bonds. The van der Waals surface area contributed by atoms with Crippen LogP contribution in [0.4, 0.5) is 0 Å². The van der Waals surface area contributed by atoms with Crippen molar-refractivity contribution in [1.29, 1.82) is 0 Å². The maximum atomic E-state index is 3.82. The van der Waals surface area contributed by atoms with E-state index in [2.05, 4.69) is 26.1 Å². The molecule has 0 aliphatic heterocycles. The molecule has 2 aliphatic carbocycles. The molecule has 0 aromatic carbocycles. The summed E-state index contributed by atoms with van der Waals surface area (Å²) >= 11 is 0. The maximum Gasteiger partial charge on any atom is 0.0129 e. The zero-order chi connectivity index (χ0) is 11.6. The predicted molar refractivity (Wildman–Crippen MR) is 70.5 cm³/mol. The van der Waals surface area contributed by atoms with Crippen molar-refractivity contribution in [2.24, 2.45) is 17.3 Å². The second kappa shape index (κ2) is 5.08. The first-order chi connectivity index (χ1) is 7.65. The molecule has 0 radical (unpaired) electrons. The summed E-state index contributed by atoms with van der Waals surface area (Å²) in [7, 11) is 0. The van der Waals surface area contributed by atoms with E-state index < -0.39 is 0 Å². The minimum atomic E-state index is 0.579. The molecule has 2 saturated carbocycles. The van der Waals surface area contributed by atoms with E-state index in [4.69, 9.17) is 0 Å². The van der Waals surface area contributed by atoms with Gasteiger partial charge in [0.25, 0.3) is 0 Å². The summed E-state index contributed by atoms with van der Waals surface area (Å²) in [4.78, 5) is 0. The van der Waals surface area contributed by atoms with Gasteiger partial charge in [-0.1, -0.05) is 40.0 Å². The van der Waals surface area contributed by atoms with Gasteiger partial charge in [0.1, 0.15) is 0 Å². The van der Waals surface area contributed by atoms with Crippen LogP contribution >= 0.6 is 0 Å². The molecule has 0 bridgehead atoms. The largest absolute Gasteiger partial charge is 0.314 e. The van der Waals surface area contributed by atoms with Crippen LogP contribution in [0.1, 0.15) is 65.7 Å². The molecule has 94 valence electrons. The second-order valence-corrected chi connectivity index (χ2v) is 6.62. The summed E-state index contributed by atoms with van der Waals surface area (Å²) in [5.41, 5.74) is 0.579. The molecule has 16 heavy (non-hydrogen) atoms. The summed E-state index contributed by atoms with van der Waals surface area (Å²) in [6.07, 6.45) is 10.2. The van der Waals surface area contributed by atoms with Gasteiger partial charge in [0, 0.05) is 6.04 Å². The molecule has 2 unspecified atom stereocenters. The van der Waals surface area contributed by atoms with E-state index in [1.165, 1.54) is 44.9 Å².